The quantitative estimate of drug-likeness (QED) is 0.719. The molecule has 32 heavy (non-hydrogen) atoms. The second-order valence-electron chi connectivity index (χ2n) is 10.1. The molecule has 1 aromatic carbocycles. The molecule has 3 aliphatic heterocycles. The van der Waals surface area contributed by atoms with Gasteiger partial charge in [-0.05, 0) is 75.2 Å². The monoisotopic (exact) mass is 437 g/mol. The highest BCUT2D eigenvalue weighted by Crippen LogP contribution is 2.37. The van der Waals surface area contributed by atoms with Crippen molar-refractivity contribution in [3.05, 3.63) is 29.5 Å². The number of carbonyl (C=O) groups is 2. The van der Waals surface area contributed by atoms with Crippen LogP contribution in [0.4, 0.5) is 0 Å². The van der Waals surface area contributed by atoms with Crippen LogP contribution in [0.15, 0.2) is 18.2 Å². The minimum atomic E-state index is -0.347. The summed E-state index contributed by atoms with van der Waals surface area (Å²) >= 11 is 0. The van der Waals surface area contributed by atoms with E-state index in [9.17, 15) is 9.59 Å². The Morgan fingerprint density at radius 1 is 1.12 bits per heavy atom. The predicted octanol–water partition coefficient (Wildman–Crippen LogP) is 2.52. The first kappa shape index (κ1) is 21.6. The Hall–Kier alpha value is -2.25. The van der Waals surface area contributed by atoms with Crippen molar-refractivity contribution in [2.75, 3.05) is 32.7 Å². The summed E-state index contributed by atoms with van der Waals surface area (Å²) < 4.78 is 1.95. The third kappa shape index (κ3) is 4.08. The fourth-order valence-electron chi connectivity index (χ4n) is 6.03. The number of hydrogen-bond donors (Lipinski definition) is 2. The van der Waals surface area contributed by atoms with Crippen molar-refractivity contribution in [3.8, 4) is 0 Å². The number of imide groups is 1. The number of para-hydroxylation sites is 1. The van der Waals surface area contributed by atoms with Crippen LogP contribution in [0.2, 0.25) is 0 Å². The van der Waals surface area contributed by atoms with Crippen LogP contribution < -0.4 is 10.6 Å². The molecule has 3 saturated heterocycles. The molecule has 7 nitrogen and oxygen atoms in total. The second kappa shape index (κ2) is 8.94. The van der Waals surface area contributed by atoms with Crippen molar-refractivity contribution in [3.63, 3.8) is 0 Å². The first-order valence-electron chi connectivity index (χ1n) is 12.2. The molecule has 5 rings (SSSR count). The molecule has 4 heterocycles. The maximum Gasteiger partial charge on any atom is 0.235 e. The molecule has 3 aliphatic rings. The number of nitrogens with zero attached hydrogens (tertiary/aromatic N) is 3. The van der Waals surface area contributed by atoms with Crippen LogP contribution in [0.3, 0.4) is 0 Å². The lowest BCUT2D eigenvalue weighted by atomic mass is 9.84. The highest BCUT2D eigenvalue weighted by Gasteiger charge is 2.33. The van der Waals surface area contributed by atoms with E-state index in [0.717, 1.165) is 67.5 Å². The molecule has 0 radical (unpaired) electrons. The number of aromatic nitrogens is 2. The minimum Gasteiger partial charge on any atom is -0.316 e. The van der Waals surface area contributed by atoms with Gasteiger partial charge in [0.2, 0.25) is 11.8 Å². The van der Waals surface area contributed by atoms with E-state index in [4.69, 9.17) is 5.10 Å². The lowest BCUT2D eigenvalue weighted by Gasteiger charge is -2.38. The SMILES string of the molecule is C[C@H]1CNCC[C@@H]1CN1CCC(c2cccc3c(C4CCC(=O)NC4=O)nn(C)c23)CC1. The normalized spacial score (nSPS) is 28.2. The Morgan fingerprint density at radius 3 is 2.69 bits per heavy atom. The summed E-state index contributed by atoms with van der Waals surface area (Å²) in [4.78, 5) is 26.7. The van der Waals surface area contributed by atoms with Gasteiger partial charge < -0.3 is 10.2 Å². The molecule has 2 amide bonds. The largest absolute Gasteiger partial charge is 0.316 e. The zero-order chi connectivity index (χ0) is 22.2. The first-order chi connectivity index (χ1) is 15.5. The van der Waals surface area contributed by atoms with E-state index in [1.807, 2.05) is 11.7 Å². The lowest BCUT2D eigenvalue weighted by molar-refractivity contribution is -0.134. The summed E-state index contributed by atoms with van der Waals surface area (Å²) in [5, 5.41) is 11.8. The second-order valence-corrected chi connectivity index (χ2v) is 10.1. The zero-order valence-corrected chi connectivity index (χ0v) is 19.3. The predicted molar refractivity (Wildman–Crippen MR) is 124 cm³/mol. The summed E-state index contributed by atoms with van der Waals surface area (Å²) in [6, 6.07) is 6.43. The highest BCUT2D eigenvalue weighted by atomic mass is 16.2. The summed E-state index contributed by atoms with van der Waals surface area (Å²) in [7, 11) is 1.98. The Labute approximate surface area is 189 Å². The van der Waals surface area contributed by atoms with Crippen LogP contribution in [-0.4, -0.2) is 59.2 Å². The molecule has 1 unspecified atom stereocenters. The third-order valence-corrected chi connectivity index (χ3v) is 7.98. The number of amides is 2. The number of likely N-dealkylation sites (tertiary alicyclic amines) is 1. The highest BCUT2D eigenvalue weighted by molar-refractivity contribution is 6.02. The molecule has 0 saturated carbocycles. The number of rotatable bonds is 4. The van der Waals surface area contributed by atoms with E-state index < -0.39 is 0 Å². The maximum absolute atomic E-state index is 12.5. The van der Waals surface area contributed by atoms with Gasteiger partial charge >= 0.3 is 0 Å². The molecule has 2 N–H and O–H groups in total. The van der Waals surface area contributed by atoms with E-state index >= 15 is 0 Å². The first-order valence-corrected chi connectivity index (χ1v) is 12.2. The zero-order valence-electron chi connectivity index (χ0n) is 19.3. The molecule has 0 spiro atoms. The van der Waals surface area contributed by atoms with Gasteiger partial charge in [-0.1, -0.05) is 25.1 Å². The van der Waals surface area contributed by atoms with E-state index in [-0.39, 0.29) is 17.7 Å². The average Bonchev–Trinajstić information content (AvgIpc) is 3.12. The number of piperidine rings is 3. The van der Waals surface area contributed by atoms with Crippen molar-refractivity contribution in [2.45, 2.75) is 50.9 Å². The van der Waals surface area contributed by atoms with Crippen LogP contribution in [-0.2, 0) is 16.6 Å². The minimum absolute atomic E-state index is 0.183. The van der Waals surface area contributed by atoms with Crippen LogP contribution in [0.25, 0.3) is 10.9 Å². The maximum atomic E-state index is 12.5. The van der Waals surface area contributed by atoms with Crippen molar-refractivity contribution in [1.82, 2.24) is 25.3 Å². The molecule has 3 fully saturated rings. The topological polar surface area (TPSA) is 79.3 Å². The van der Waals surface area contributed by atoms with Crippen LogP contribution >= 0.6 is 0 Å². The van der Waals surface area contributed by atoms with Crippen molar-refractivity contribution < 1.29 is 9.59 Å². The number of nitrogens with one attached hydrogen (secondary N) is 2. The summed E-state index contributed by atoms with van der Waals surface area (Å²) in [5.41, 5.74) is 3.32. The van der Waals surface area contributed by atoms with Gasteiger partial charge in [0.15, 0.2) is 0 Å². The third-order valence-electron chi connectivity index (χ3n) is 7.98. The van der Waals surface area contributed by atoms with Gasteiger partial charge in [-0.2, -0.15) is 5.10 Å². The van der Waals surface area contributed by atoms with Crippen molar-refractivity contribution >= 4 is 22.7 Å². The Morgan fingerprint density at radius 2 is 1.94 bits per heavy atom. The van der Waals surface area contributed by atoms with E-state index in [1.54, 1.807) is 0 Å². The molecule has 1 aromatic heterocycles. The van der Waals surface area contributed by atoms with Gasteiger partial charge in [-0.15, -0.1) is 0 Å². The lowest BCUT2D eigenvalue weighted by Crippen LogP contribution is -2.43. The molecule has 0 aliphatic carbocycles. The molecular weight excluding hydrogens is 402 g/mol. The van der Waals surface area contributed by atoms with Gasteiger partial charge in [0.1, 0.15) is 0 Å². The fourth-order valence-corrected chi connectivity index (χ4v) is 6.03. The van der Waals surface area contributed by atoms with Crippen molar-refractivity contribution in [1.29, 1.82) is 0 Å². The molecule has 172 valence electrons. The molecule has 7 heteroatoms. The van der Waals surface area contributed by atoms with Gasteiger partial charge in [0.05, 0.1) is 17.1 Å². The van der Waals surface area contributed by atoms with E-state index in [0.29, 0.717) is 18.8 Å². The number of benzene rings is 1. The number of fused-ring (bicyclic) bond motifs is 1. The summed E-state index contributed by atoms with van der Waals surface area (Å²) in [6.45, 7) is 8.21. The Bertz CT molecular complexity index is 1010. The van der Waals surface area contributed by atoms with Gasteiger partial charge in [0.25, 0.3) is 0 Å². The number of hydrogen-bond acceptors (Lipinski definition) is 5. The Balaban J connectivity index is 1.33. The standard InChI is InChI=1S/C25H35N5O2/c1-16-14-26-11-8-18(16)15-30-12-9-17(10-13-30)19-4-3-5-20-23(28-29(2)24(19)20)21-6-7-22(31)27-25(21)32/h3-5,16-18,21,26H,6-15H2,1-2H3,(H,27,31,32)/t16-,18+,21?/m0/s1. The number of carbonyl (C=O) groups excluding carboxylic acids is 2. The smallest absolute Gasteiger partial charge is 0.235 e. The van der Waals surface area contributed by atoms with Gasteiger partial charge in [-0.3, -0.25) is 19.6 Å². The summed E-state index contributed by atoms with van der Waals surface area (Å²) in [6.07, 6.45) is 4.53. The Kier molecular flexibility index (Phi) is 6.03. The fraction of sp³-hybridized carbons (Fsp3) is 0.640. The van der Waals surface area contributed by atoms with E-state index in [1.165, 1.54) is 18.5 Å². The van der Waals surface area contributed by atoms with Gasteiger partial charge in [0, 0.05) is 25.4 Å². The van der Waals surface area contributed by atoms with Crippen LogP contribution in [0, 0.1) is 11.8 Å². The summed E-state index contributed by atoms with van der Waals surface area (Å²) in [5.74, 6) is 1.34. The molecular formula is C25H35N5O2. The van der Waals surface area contributed by atoms with Crippen molar-refractivity contribution in [2.24, 2.45) is 18.9 Å². The molecule has 3 atom stereocenters. The molecule has 0 bridgehead atoms. The van der Waals surface area contributed by atoms with E-state index in [2.05, 4.69) is 40.7 Å². The van der Waals surface area contributed by atoms with Crippen LogP contribution in [0.1, 0.15) is 62.1 Å². The van der Waals surface area contributed by atoms with Crippen LogP contribution in [0.5, 0.6) is 0 Å². The number of aryl methyl sites for hydroxylation is 1. The van der Waals surface area contributed by atoms with Gasteiger partial charge in [-0.25, -0.2) is 0 Å². The average molecular weight is 438 g/mol. The molecule has 2 aromatic rings.